The smallest absolute Gasteiger partial charge is 0.870 e. The monoisotopic (exact) mass is 595 g/mol. The number of ether oxygens (including phenoxy) is 1. The van der Waals surface area contributed by atoms with Gasteiger partial charge in [-0.3, -0.25) is 9.35 Å². The van der Waals surface area contributed by atoms with Crippen molar-refractivity contribution in [2.75, 3.05) is 12.4 Å². The summed E-state index contributed by atoms with van der Waals surface area (Å²) < 4.78 is 38.2. The third-order valence-electron chi connectivity index (χ3n) is 5.64. The molecule has 4 aromatic rings. The summed E-state index contributed by atoms with van der Waals surface area (Å²) in [6.45, 7) is 1.68. The van der Waals surface area contributed by atoms with Crippen molar-refractivity contribution in [3.63, 3.8) is 0 Å². The van der Waals surface area contributed by atoms with Gasteiger partial charge in [0, 0.05) is 22.0 Å². The van der Waals surface area contributed by atoms with E-state index in [2.05, 4.69) is 15.5 Å². The van der Waals surface area contributed by atoms with E-state index in [0.717, 1.165) is 0 Å². The number of nitrogens with zero attached hydrogens (tertiary/aromatic N) is 2. The fraction of sp³-hybridized carbons (Fsp3) is 0.115. The Kier molecular flexibility index (Phi) is 10.0. The Bertz CT molecular complexity index is 1710. The first kappa shape index (κ1) is 30.8. The van der Waals surface area contributed by atoms with E-state index in [-0.39, 0.29) is 63.5 Å². The van der Waals surface area contributed by atoms with E-state index in [1.807, 2.05) is 0 Å². The molecule has 0 aliphatic rings. The third-order valence-corrected chi connectivity index (χ3v) is 7.28. The van der Waals surface area contributed by atoms with Crippen molar-refractivity contribution in [1.29, 1.82) is 0 Å². The molecule has 0 aromatic heterocycles. The summed E-state index contributed by atoms with van der Waals surface area (Å²) in [6, 6.07) is 15.6. The molecule has 39 heavy (non-hydrogen) atoms. The molecule has 4 rings (SSSR count). The minimum atomic E-state index is -4.56. The van der Waals surface area contributed by atoms with Crippen molar-refractivity contribution in [3.05, 3.63) is 81.8 Å². The zero-order valence-electron chi connectivity index (χ0n) is 21.0. The van der Waals surface area contributed by atoms with E-state index in [0.29, 0.717) is 27.2 Å². The number of carbonyl (C=O) groups excluding carboxylic acids is 1. The molecule has 196 valence electrons. The van der Waals surface area contributed by atoms with Crippen molar-refractivity contribution in [1.82, 2.24) is 0 Å². The third kappa shape index (κ3) is 6.72. The molecule has 13 heteroatoms. The zero-order chi connectivity index (χ0) is 27.6. The van der Waals surface area contributed by atoms with Gasteiger partial charge in [-0.1, -0.05) is 60.1 Å². The average molecular weight is 596 g/mol. The number of halogens is 2. The molecule has 1 amide bonds. The van der Waals surface area contributed by atoms with Gasteiger partial charge in [-0.25, -0.2) is 0 Å². The first-order chi connectivity index (χ1) is 18.0. The Morgan fingerprint density at radius 3 is 2.46 bits per heavy atom. The number of carbonyl (C=O) groups is 1. The van der Waals surface area contributed by atoms with Crippen LogP contribution in [0.1, 0.15) is 22.8 Å². The van der Waals surface area contributed by atoms with Crippen LogP contribution in [0, 0.1) is 0 Å². The summed E-state index contributed by atoms with van der Waals surface area (Å²) in [5.41, 5.74) is 0.431. The summed E-state index contributed by atoms with van der Waals surface area (Å²) in [6.07, 6.45) is 0.234. The molecule has 0 aliphatic heterocycles. The van der Waals surface area contributed by atoms with Gasteiger partial charge in [0.2, 0.25) is 0 Å². The van der Waals surface area contributed by atoms with Gasteiger partial charge < -0.3 is 15.2 Å². The molecule has 0 unspecified atom stereocenters. The Balaban J connectivity index is 0.00000420. The van der Waals surface area contributed by atoms with Crippen LogP contribution in [0.25, 0.3) is 10.8 Å². The number of amides is 1. The van der Waals surface area contributed by atoms with Gasteiger partial charge in [0.05, 0.1) is 29.2 Å². The summed E-state index contributed by atoms with van der Waals surface area (Å²) >= 11 is 12.1. The Labute approximate surface area is 256 Å². The van der Waals surface area contributed by atoms with E-state index < -0.39 is 26.7 Å². The van der Waals surface area contributed by atoms with Crippen molar-refractivity contribution in [2.45, 2.75) is 18.2 Å². The van der Waals surface area contributed by atoms with E-state index >= 15 is 0 Å². The van der Waals surface area contributed by atoms with Crippen LogP contribution in [0.5, 0.6) is 11.5 Å². The maximum Gasteiger partial charge on any atom is 1.00 e. The van der Waals surface area contributed by atoms with Crippen LogP contribution in [-0.4, -0.2) is 26.0 Å². The summed E-state index contributed by atoms with van der Waals surface area (Å²) in [5.74, 6) is -1.04. The number of aryl methyl sites for hydroxylation is 1. The minimum Gasteiger partial charge on any atom is -0.870 e. The van der Waals surface area contributed by atoms with Gasteiger partial charge in [0.1, 0.15) is 10.6 Å². The quantitative estimate of drug-likeness (QED) is 0.189. The van der Waals surface area contributed by atoms with Crippen LogP contribution in [0.4, 0.5) is 17.1 Å². The number of rotatable bonds is 7. The van der Waals surface area contributed by atoms with E-state index in [9.17, 15) is 22.9 Å². The van der Waals surface area contributed by atoms with Gasteiger partial charge in [0.15, 0.2) is 0 Å². The van der Waals surface area contributed by atoms with E-state index in [1.54, 1.807) is 43.3 Å². The van der Waals surface area contributed by atoms with Crippen molar-refractivity contribution in [2.24, 2.45) is 10.2 Å². The largest absolute Gasteiger partial charge is 1.00 e. The van der Waals surface area contributed by atoms with Gasteiger partial charge >= 0.3 is 29.6 Å². The molecule has 0 fully saturated rings. The summed E-state index contributed by atoms with van der Waals surface area (Å²) in [5, 5.41) is 25.5. The molecule has 0 atom stereocenters. The molecule has 0 heterocycles. The molecule has 0 saturated heterocycles. The second-order valence-corrected chi connectivity index (χ2v) is 10.3. The normalized spacial score (nSPS) is 11.4. The molecule has 9 nitrogen and oxygen atoms in total. The molecule has 0 bridgehead atoms. The molecule has 0 spiro atoms. The van der Waals surface area contributed by atoms with Crippen LogP contribution in [0.2, 0.25) is 10.0 Å². The Morgan fingerprint density at radius 2 is 1.79 bits per heavy atom. The average Bonchev–Trinajstić information content (AvgIpc) is 2.87. The maximum atomic E-state index is 13.4. The van der Waals surface area contributed by atoms with E-state index in [4.69, 9.17) is 27.9 Å². The summed E-state index contributed by atoms with van der Waals surface area (Å²) in [4.78, 5) is 12.7. The van der Waals surface area contributed by atoms with E-state index in [1.165, 1.54) is 31.4 Å². The SMILES string of the molecule is CCc1cc(N=Nc2c([O-])c(C(=O)Nc3ccc(Cl)cc3OC)cc3ccccc23)cc(Cl)c1S(=O)(=O)O.[Na+]. The van der Waals surface area contributed by atoms with Crippen LogP contribution in [0.15, 0.2) is 75.8 Å². The number of hydrogen-bond donors (Lipinski definition) is 2. The number of fused-ring (bicyclic) bond motifs is 1. The number of anilines is 1. The second kappa shape index (κ2) is 12.6. The topological polar surface area (TPSA) is 140 Å². The predicted octanol–water partition coefficient (Wildman–Crippen LogP) is 3.71. The Hall–Kier alpha value is -2.70. The number of azo groups is 1. The van der Waals surface area contributed by atoms with Crippen LogP contribution in [-0.2, 0) is 16.5 Å². The molecule has 0 saturated carbocycles. The van der Waals surface area contributed by atoms with Crippen LogP contribution >= 0.6 is 23.2 Å². The molecular formula is C26H20Cl2N3NaO6S. The molecule has 2 N–H and O–H groups in total. The van der Waals surface area contributed by atoms with Crippen LogP contribution in [0.3, 0.4) is 0 Å². The fourth-order valence-corrected chi connectivity index (χ4v) is 5.41. The number of benzene rings is 4. The second-order valence-electron chi connectivity index (χ2n) is 8.07. The standard InChI is InChI=1S/C26H21Cl2N3O6S.Na/c1-3-14-10-17(13-20(28)25(14)38(34,35)36)30-31-23-18-7-5-4-6-15(18)11-19(24(23)32)26(33)29-21-9-8-16(27)12-22(21)37-2;/h4-13,32H,3H2,1-2H3,(H,29,33)(H,34,35,36);/q;+1/p-1. The van der Waals surface area contributed by atoms with Gasteiger partial charge in [-0.15, -0.1) is 0 Å². The van der Waals surface area contributed by atoms with Gasteiger partial charge in [-0.05, 0) is 47.7 Å². The Morgan fingerprint density at radius 1 is 1.08 bits per heavy atom. The first-order valence-electron chi connectivity index (χ1n) is 11.1. The zero-order valence-corrected chi connectivity index (χ0v) is 25.4. The predicted molar refractivity (Wildman–Crippen MR) is 144 cm³/mol. The number of nitrogens with one attached hydrogen (secondary N) is 1. The number of methoxy groups -OCH3 is 1. The first-order valence-corrected chi connectivity index (χ1v) is 13.3. The van der Waals surface area contributed by atoms with Gasteiger partial charge in [0.25, 0.3) is 16.0 Å². The van der Waals surface area contributed by atoms with Gasteiger partial charge in [-0.2, -0.15) is 18.6 Å². The minimum absolute atomic E-state index is 0. The molecule has 0 radical (unpaired) electrons. The van der Waals surface area contributed by atoms with Crippen LogP contribution < -0.4 is 44.7 Å². The fourth-order valence-electron chi connectivity index (χ4n) is 3.89. The van der Waals surface area contributed by atoms with Crippen molar-refractivity contribution >= 4 is 67.1 Å². The number of hydrogen-bond acceptors (Lipinski definition) is 7. The summed E-state index contributed by atoms with van der Waals surface area (Å²) in [7, 11) is -3.13. The molecule has 0 aliphatic carbocycles. The molecule has 4 aromatic carbocycles. The van der Waals surface area contributed by atoms with Crippen molar-refractivity contribution in [3.8, 4) is 11.5 Å². The molecular weight excluding hydrogens is 576 g/mol. The van der Waals surface area contributed by atoms with Crippen molar-refractivity contribution < 1.29 is 57.2 Å². The maximum absolute atomic E-state index is 13.4.